The van der Waals surface area contributed by atoms with Crippen LogP contribution in [0, 0.1) is 28.6 Å². The second-order valence-corrected chi connectivity index (χ2v) is 13.5. The van der Waals surface area contributed by atoms with Gasteiger partial charge in [0.15, 0.2) is 6.29 Å². The fourth-order valence-corrected chi connectivity index (χ4v) is 9.74. The summed E-state index contributed by atoms with van der Waals surface area (Å²) in [5.41, 5.74) is -4.09. The van der Waals surface area contributed by atoms with Crippen LogP contribution in [0.5, 0.6) is 0 Å². The molecule has 4 saturated carbocycles. The maximum absolute atomic E-state index is 13.0. The molecule has 0 aromatic heterocycles. The summed E-state index contributed by atoms with van der Waals surface area (Å²) in [6.45, 7) is 3.61. The van der Waals surface area contributed by atoms with Crippen molar-refractivity contribution >= 4 is 12.3 Å². The van der Waals surface area contributed by atoms with Gasteiger partial charge in [-0.25, -0.2) is 4.79 Å². The van der Waals surface area contributed by atoms with E-state index < -0.39 is 76.8 Å². The molecule has 0 aromatic rings. The third kappa shape index (κ3) is 3.71. The largest absolute Gasteiger partial charge is 0.458 e. The van der Waals surface area contributed by atoms with E-state index in [9.17, 15) is 40.2 Å². The molecule has 4 aliphatic carbocycles. The molecule has 0 spiro atoms. The van der Waals surface area contributed by atoms with Crippen molar-refractivity contribution in [2.75, 3.05) is 6.61 Å². The smallest absolute Gasteiger partial charge is 0.331 e. The Hall–Kier alpha value is -1.44. The number of rotatable bonds is 4. The lowest BCUT2D eigenvalue weighted by molar-refractivity contribution is -0.319. The van der Waals surface area contributed by atoms with Crippen LogP contribution < -0.4 is 0 Å². The quantitative estimate of drug-likeness (QED) is 0.149. The van der Waals surface area contributed by atoms with Crippen molar-refractivity contribution in [2.24, 2.45) is 28.6 Å². The molecule has 5 fully saturated rings. The maximum atomic E-state index is 13.0. The Morgan fingerprint density at radius 1 is 1.00 bits per heavy atom. The number of aliphatic hydroxyl groups is 6. The van der Waals surface area contributed by atoms with E-state index in [4.69, 9.17) is 14.2 Å². The first-order valence-electron chi connectivity index (χ1n) is 14.6. The normalized spacial score (nSPS) is 56.0. The van der Waals surface area contributed by atoms with Gasteiger partial charge in [0.05, 0.1) is 34.9 Å². The number of aldehydes is 1. The minimum atomic E-state index is -1.47. The topological polar surface area (TPSA) is 183 Å². The molecule has 6 N–H and O–H groups in total. The molecule has 0 bridgehead atoms. The number of hydrogen-bond donors (Lipinski definition) is 6. The molecule has 2 heterocycles. The van der Waals surface area contributed by atoms with Crippen molar-refractivity contribution in [1.82, 2.24) is 0 Å². The fraction of sp³-hybridized carbons (Fsp3) is 0.862. The van der Waals surface area contributed by atoms with Gasteiger partial charge in [-0.3, -0.25) is 0 Å². The number of cyclic esters (lactones) is 1. The molecule has 11 nitrogen and oxygen atoms in total. The molecule has 0 radical (unpaired) electrons. The molecule has 0 aromatic carbocycles. The summed E-state index contributed by atoms with van der Waals surface area (Å²) in [6.07, 6.45) is -2.70. The zero-order valence-electron chi connectivity index (χ0n) is 23.0. The SMILES string of the molecule is C[C@H]1O[C@H](O[C@H]2CC[C@]3(C=O)[C@H]4C[C@@H](O)[C@]5(C)[C@@H](C6=CC(=O)OC6)CC[C@]5(O)[C@@H]4CC[C@]3(O)C2)[C@H](O)[C@H](O)[C@@H]1O. The second kappa shape index (κ2) is 9.54. The van der Waals surface area contributed by atoms with Crippen LogP contribution in [0.3, 0.4) is 0 Å². The van der Waals surface area contributed by atoms with Crippen LogP contribution in [0.25, 0.3) is 0 Å². The average Bonchev–Trinajstić information content (AvgIpc) is 3.46. The van der Waals surface area contributed by atoms with Gasteiger partial charge >= 0.3 is 5.97 Å². The summed E-state index contributed by atoms with van der Waals surface area (Å²) in [6, 6.07) is 0. The van der Waals surface area contributed by atoms with E-state index >= 15 is 0 Å². The Kier molecular flexibility index (Phi) is 6.83. The molecule has 6 rings (SSSR count). The van der Waals surface area contributed by atoms with Crippen LogP contribution in [0.4, 0.5) is 0 Å². The zero-order valence-corrected chi connectivity index (χ0v) is 23.0. The van der Waals surface area contributed by atoms with Crippen molar-refractivity contribution < 1.29 is 54.4 Å². The van der Waals surface area contributed by atoms with Crippen LogP contribution in [-0.2, 0) is 23.8 Å². The minimum Gasteiger partial charge on any atom is -0.458 e. The summed E-state index contributed by atoms with van der Waals surface area (Å²) in [5.74, 6) is -1.42. The average molecular weight is 567 g/mol. The van der Waals surface area contributed by atoms with Crippen LogP contribution in [0.15, 0.2) is 11.6 Å². The van der Waals surface area contributed by atoms with Gasteiger partial charge in [-0.2, -0.15) is 0 Å². The van der Waals surface area contributed by atoms with E-state index in [0.717, 1.165) is 11.9 Å². The minimum absolute atomic E-state index is 0.0926. The monoisotopic (exact) mass is 566 g/mol. The molecule has 14 atom stereocenters. The van der Waals surface area contributed by atoms with Gasteiger partial charge in [0.25, 0.3) is 0 Å². The van der Waals surface area contributed by atoms with E-state index in [1.54, 1.807) is 6.92 Å². The fourth-order valence-electron chi connectivity index (χ4n) is 9.74. The van der Waals surface area contributed by atoms with Gasteiger partial charge in [-0.05, 0) is 75.2 Å². The van der Waals surface area contributed by atoms with Crippen LogP contribution in [0.1, 0.15) is 65.2 Å². The summed E-state index contributed by atoms with van der Waals surface area (Å²) in [7, 11) is 0. The number of esters is 1. The highest BCUT2D eigenvalue weighted by Gasteiger charge is 2.74. The van der Waals surface area contributed by atoms with Gasteiger partial charge in [0.1, 0.15) is 31.2 Å². The van der Waals surface area contributed by atoms with E-state index in [0.29, 0.717) is 25.7 Å². The van der Waals surface area contributed by atoms with Gasteiger partial charge in [-0.15, -0.1) is 0 Å². The van der Waals surface area contributed by atoms with E-state index in [-0.39, 0.29) is 44.1 Å². The first-order valence-corrected chi connectivity index (χ1v) is 14.6. The standard InChI is InChI=1S/C29H42O11/c1-14-22(33)23(34)24(35)25(39-14)40-16-3-6-27(13-30)19-10-20(31)26(2)17(15-9-21(32)38-12-15)5-8-29(26,37)18(19)4-7-28(27,36)11-16/h9,13-14,16-20,22-25,31,33-37H,3-8,10-12H2,1-2H3/t14-,16+,17-,18-,19+,20-,22-,23-,24-,25-,26+,27+,28+,29+/m1/s1. The lowest BCUT2D eigenvalue weighted by Gasteiger charge is -2.66. The molecular formula is C29H42O11. The third-order valence-electron chi connectivity index (χ3n) is 12.1. The van der Waals surface area contributed by atoms with Crippen molar-refractivity contribution in [3.05, 3.63) is 11.6 Å². The highest BCUT2D eigenvalue weighted by Crippen LogP contribution is 2.70. The summed E-state index contributed by atoms with van der Waals surface area (Å²) < 4.78 is 16.8. The lowest BCUT2D eigenvalue weighted by Crippen LogP contribution is -2.71. The number of fused-ring (bicyclic) bond motifs is 5. The van der Waals surface area contributed by atoms with E-state index in [1.165, 1.54) is 6.08 Å². The number of ether oxygens (including phenoxy) is 3. The Morgan fingerprint density at radius 3 is 2.42 bits per heavy atom. The first-order chi connectivity index (χ1) is 18.8. The van der Waals surface area contributed by atoms with E-state index in [1.807, 2.05) is 6.92 Å². The second-order valence-electron chi connectivity index (χ2n) is 13.5. The van der Waals surface area contributed by atoms with Gasteiger partial charge in [0, 0.05) is 17.9 Å². The summed E-state index contributed by atoms with van der Waals surface area (Å²) >= 11 is 0. The van der Waals surface area contributed by atoms with Gasteiger partial charge in [0.2, 0.25) is 0 Å². The molecule has 0 unspecified atom stereocenters. The van der Waals surface area contributed by atoms with Crippen LogP contribution in [-0.4, -0.2) is 104 Å². The molecule has 6 aliphatic rings. The highest BCUT2D eigenvalue weighted by molar-refractivity contribution is 5.85. The lowest BCUT2D eigenvalue weighted by atomic mass is 9.41. The predicted molar refractivity (Wildman–Crippen MR) is 136 cm³/mol. The number of carbonyl (C=O) groups excluding carboxylic acids is 2. The van der Waals surface area contributed by atoms with Crippen molar-refractivity contribution in [3.63, 3.8) is 0 Å². The maximum Gasteiger partial charge on any atom is 0.331 e. The zero-order chi connectivity index (χ0) is 28.8. The molecular weight excluding hydrogens is 524 g/mol. The number of carbonyl (C=O) groups is 2. The summed E-state index contributed by atoms with van der Waals surface area (Å²) in [5, 5.41) is 66.7. The van der Waals surface area contributed by atoms with Crippen molar-refractivity contribution in [1.29, 1.82) is 0 Å². The molecule has 224 valence electrons. The highest BCUT2D eigenvalue weighted by atomic mass is 16.7. The number of aliphatic hydroxyl groups excluding tert-OH is 4. The Labute approximate surface area is 233 Å². The first kappa shape index (κ1) is 28.7. The Bertz CT molecular complexity index is 1080. The molecule has 11 heteroatoms. The van der Waals surface area contributed by atoms with Crippen LogP contribution >= 0.6 is 0 Å². The molecule has 1 saturated heterocycles. The van der Waals surface area contributed by atoms with Crippen molar-refractivity contribution in [2.45, 2.75) is 119 Å². The Balaban J connectivity index is 1.25. The number of hydrogen-bond acceptors (Lipinski definition) is 11. The van der Waals surface area contributed by atoms with Crippen LogP contribution in [0.2, 0.25) is 0 Å². The summed E-state index contributed by atoms with van der Waals surface area (Å²) in [4.78, 5) is 24.8. The molecule has 2 aliphatic heterocycles. The van der Waals surface area contributed by atoms with Gasteiger partial charge < -0.3 is 49.6 Å². The molecule has 40 heavy (non-hydrogen) atoms. The third-order valence-corrected chi connectivity index (χ3v) is 12.1. The van der Waals surface area contributed by atoms with E-state index in [2.05, 4.69) is 0 Å². The van der Waals surface area contributed by atoms with Crippen molar-refractivity contribution in [3.8, 4) is 0 Å². The molecule has 0 amide bonds. The Morgan fingerprint density at radius 2 is 1.75 bits per heavy atom. The predicted octanol–water partition coefficient (Wildman–Crippen LogP) is -0.279. The van der Waals surface area contributed by atoms with Gasteiger partial charge in [-0.1, -0.05) is 6.92 Å².